The van der Waals surface area contributed by atoms with E-state index in [1.165, 1.54) is 6.42 Å². The average molecular weight is 195 g/mol. The van der Waals surface area contributed by atoms with Crippen molar-refractivity contribution in [2.75, 3.05) is 19.6 Å². The maximum absolute atomic E-state index is 11.0. The van der Waals surface area contributed by atoms with Crippen LogP contribution < -0.4 is 0 Å². The van der Waals surface area contributed by atoms with Crippen molar-refractivity contribution < 1.29 is 9.53 Å². The highest BCUT2D eigenvalue weighted by molar-refractivity contribution is 5.89. The van der Waals surface area contributed by atoms with E-state index < -0.39 is 0 Å². The molecule has 0 amide bonds. The Hall–Kier alpha value is -0.670. The molecule has 2 unspecified atom stereocenters. The monoisotopic (exact) mass is 195 g/mol. The van der Waals surface area contributed by atoms with Crippen LogP contribution in [0, 0.1) is 0 Å². The SMILES string of the molecule is CCC(=O)/C=C/CN1CC2CC(C1)O2. The van der Waals surface area contributed by atoms with E-state index in [-0.39, 0.29) is 5.78 Å². The van der Waals surface area contributed by atoms with Crippen molar-refractivity contribution in [3.8, 4) is 0 Å². The second kappa shape index (κ2) is 4.24. The molecule has 2 bridgehead atoms. The van der Waals surface area contributed by atoms with Crippen LogP contribution in [0.5, 0.6) is 0 Å². The molecule has 3 rings (SSSR count). The van der Waals surface area contributed by atoms with Crippen LogP contribution in [0.1, 0.15) is 19.8 Å². The fourth-order valence-electron chi connectivity index (χ4n) is 2.04. The lowest BCUT2D eigenvalue weighted by Crippen LogP contribution is -2.57. The highest BCUT2D eigenvalue weighted by Gasteiger charge is 2.37. The number of rotatable bonds is 4. The molecular formula is C11H17NO2. The molecule has 0 aromatic carbocycles. The van der Waals surface area contributed by atoms with Crippen molar-refractivity contribution >= 4 is 5.78 Å². The molecule has 0 aliphatic carbocycles. The van der Waals surface area contributed by atoms with Gasteiger partial charge in [0.15, 0.2) is 5.78 Å². The van der Waals surface area contributed by atoms with Gasteiger partial charge in [0.05, 0.1) is 12.2 Å². The van der Waals surface area contributed by atoms with Crippen LogP contribution in [0.4, 0.5) is 0 Å². The minimum atomic E-state index is 0.211. The molecule has 3 saturated heterocycles. The Morgan fingerprint density at radius 2 is 2.14 bits per heavy atom. The Bertz CT molecular complexity index is 234. The van der Waals surface area contributed by atoms with Gasteiger partial charge in [-0.3, -0.25) is 9.69 Å². The van der Waals surface area contributed by atoms with Gasteiger partial charge in [0, 0.05) is 32.5 Å². The molecule has 3 heteroatoms. The number of ketones is 1. The standard InChI is InChI=1S/C11H17NO2/c1-2-9(13)4-3-5-12-7-10-6-11(8-12)14-10/h3-4,10-11H,2,5-8H2,1H3/b4-3+. The summed E-state index contributed by atoms with van der Waals surface area (Å²) in [5.41, 5.74) is 0. The Balaban J connectivity index is 1.71. The van der Waals surface area contributed by atoms with Crippen LogP contribution in [0.25, 0.3) is 0 Å². The predicted molar refractivity (Wildman–Crippen MR) is 54.2 cm³/mol. The van der Waals surface area contributed by atoms with E-state index in [0.29, 0.717) is 18.6 Å². The lowest BCUT2D eigenvalue weighted by molar-refractivity contribution is -0.178. The van der Waals surface area contributed by atoms with Crippen LogP contribution in [0.2, 0.25) is 0 Å². The van der Waals surface area contributed by atoms with Crippen LogP contribution in [-0.2, 0) is 9.53 Å². The van der Waals surface area contributed by atoms with Gasteiger partial charge in [-0.1, -0.05) is 13.0 Å². The van der Waals surface area contributed by atoms with Crippen molar-refractivity contribution in [1.82, 2.24) is 4.90 Å². The van der Waals surface area contributed by atoms with Crippen molar-refractivity contribution in [3.63, 3.8) is 0 Å². The molecule has 78 valence electrons. The maximum Gasteiger partial charge on any atom is 0.155 e. The Morgan fingerprint density at radius 1 is 1.50 bits per heavy atom. The topological polar surface area (TPSA) is 29.5 Å². The van der Waals surface area contributed by atoms with Crippen LogP contribution in [0.3, 0.4) is 0 Å². The number of nitrogens with zero attached hydrogens (tertiary/aromatic N) is 1. The first-order valence-corrected chi connectivity index (χ1v) is 5.35. The van der Waals surface area contributed by atoms with Crippen LogP contribution >= 0.6 is 0 Å². The van der Waals surface area contributed by atoms with E-state index >= 15 is 0 Å². The van der Waals surface area contributed by atoms with Crippen molar-refractivity contribution in [1.29, 1.82) is 0 Å². The van der Waals surface area contributed by atoms with E-state index in [1.807, 2.05) is 13.0 Å². The van der Waals surface area contributed by atoms with Gasteiger partial charge in [-0.15, -0.1) is 0 Å². The molecule has 3 heterocycles. The summed E-state index contributed by atoms with van der Waals surface area (Å²) in [7, 11) is 0. The third-order valence-corrected chi connectivity index (χ3v) is 2.85. The summed E-state index contributed by atoms with van der Waals surface area (Å²) in [6.45, 7) is 4.83. The Morgan fingerprint density at radius 3 is 2.71 bits per heavy atom. The van der Waals surface area contributed by atoms with E-state index in [1.54, 1.807) is 6.08 Å². The zero-order valence-electron chi connectivity index (χ0n) is 8.61. The molecule has 2 atom stereocenters. The lowest BCUT2D eigenvalue weighted by atomic mass is 9.99. The number of carbonyl (C=O) groups is 1. The first-order chi connectivity index (χ1) is 6.78. The zero-order chi connectivity index (χ0) is 9.97. The maximum atomic E-state index is 11.0. The van der Waals surface area contributed by atoms with Gasteiger partial charge in [-0.2, -0.15) is 0 Å². The fourth-order valence-corrected chi connectivity index (χ4v) is 2.04. The summed E-state index contributed by atoms with van der Waals surface area (Å²) in [6.07, 6.45) is 6.42. The van der Waals surface area contributed by atoms with Gasteiger partial charge in [-0.05, 0) is 6.08 Å². The normalized spacial score (nSPS) is 31.8. The van der Waals surface area contributed by atoms with Crippen molar-refractivity contribution in [2.24, 2.45) is 0 Å². The molecule has 0 aromatic rings. The molecule has 3 aliphatic rings. The van der Waals surface area contributed by atoms with E-state index in [9.17, 15) is 4.79 Å². The number of allylic oxidation sites excluding steroid dienone is 1. The first-order valence-electron chi connectivity index (χ1n) is 5.35. The summed E-state index contributed by atoms with van der Waals surface area (Å²) < 4.78 is 5.52. The average Bonchev–Trinajstić information content (AvgIpc) is 2.16. The van der Waals surface area contributed by atoms with Gasteiger partial charge in [0.1, 0.15) is 0 Å². The molecule has 0 saturated carbocycles. The zero-order valence-corrected chi connectivity index (χ0v) is 8.61. The Kier molecular flexibility index (Phi) is 2.99. The minimum absolute atomic E-state index is 0.211. The molecule has 3 fully saturated rings. The summed E-state index contributed by atoms with van der Waals surface area (Å²) in [4.78, 5) is 13.3. The smallest absolute Gasteiger partial charge is 0.155 e. The van der Waals surface area contributed by atoms with Crippen LogP contribution in [0.15, 0.2) is 12.2 Å². The second-order valence-electron chi connectivity index (χ2n) is 4.06. The lowest BCUT2D eigenvalue weighted by Gasteiger charge is -2.46. The molecule has 14 heavy (non-hydrogen) atoms. The number of piperidine rings is 1. The van der Waals surface area contributed by atoms with E-state index in [4.69, 9.17) is 4.74 Å². The quantitative estimate of drug-likeness (QED) is 0.627. The molecular weight excluding hydrogens is 178 g/mol. The predicted octanol–water partition coefficient (Wildman–Crippen LogP) is 0.995. The van der Waals surface area contributed by atoms with Crippen LogP contribution in [-0.4, -0.2) is 42.5 Å². The molecule has 0 aromatic heterocycles. The largest absolute Gasteiger partial charge is 0.372 e. The van der Waals surface area contributed by atoms with Crippen molar-refractivity contribution in [2.45, 2.75) is 32.0 Å². The number of hydrogen-bond acceptors (Lipinski definition) is 3. The van der Waals surface area contributed by atoms with E-state index in [2.05, 4.69) is 4.90 Å². The number of ether oxygens (including phenoxy) is 1. The molecule has 3 aliphatic heterocycles. The molecule has 0 radical (unpaired) electrons. The van der Waals surface area contributed by atoms with Gasteiger partial charge in [-0.25, -0.2) is 0 Å². The number of fused-ring (bicyclic) bond motifs is 2. The highest BCUT2D eigenvalue weighted by atomic mass is 16.5. The van der Waals surface area contributed by atoms with Gasteiger partial charge in [0.2, 0.25) is 0 Å². The third-order valence-electron chi connectivity index (χ3n) is 2.85. The fraction of sp³-hybridized carbons (Fsp3) is 0.727. The summed E-state index contributed by atoms with van der Waals surface area (Å²) in [5.74, 6) is 0.211. The number of carbonyl (C=O) groups excluding carboxylic acids is 1. The molecule has 0 N–H and O–H groups in total. The molecule has 3 nitrogen and oxygen atoms in total. The van der Waals surface area contributed by atoms with Crippen molar-refractivity contribution in [3.05, 3.63) is 12.2 Å². The minimum Gasteiger partial charge on any atom is -0.372 e. The van der Waals surface area contributed by atoms with Gasteiger partial charge < -0.3 is 4.74 Å². The summed E-state index contributed by atoms with van der Waals surface area (Å²) in [5, 5.41) is 0. The summed E-state index contributed by atoms with van der Waals surface area (Å²) >= 11 is 0. The number of hydrogen-bond donors (Lipinski definition) is 0. The second-order valence-corrected chi connectivity index (χ2v) is 4.06. The number of morpholine rings is 1. The third kappa shape index (κ3) is 2.22. The summed E-state index contributed by atoms with van der Waals surface area (Å²) in [6, 6.07) is 0. The van der Waals surface area contributed by atoms with E-state index in [0.717, 1.165) is 19.6 Å². The molecule has 0 spiro atoms. The Labute approximate surface area is 84.7 Å². The van der Waals surface area contributed by atoms with Gasteiger partial charge in [0.25, 0.3) is 0 Å². The van der Waals surface area contributed by atoms with Gasteiger partial charge >= 0.3 is 0 Å². The highest BCUT2D eigenvalue weighted by Crippen LogP contribution is 2.27. The first kappa shape index (κ1) is 9.87.